The lowest BCUT2D eigenvalue weighted by Crippen LogP contribution is -2.33. The predicted octanol–water partition coefficient (Wildman–Crippen LogP) is 5.30. The maximum Gasteiger partial charge on any atom is 0.243 e. The van der Waals surface area contributed by atoms with E-state index in [2.05, 4.69) is 107 Å². The van der Waals surface area contributed by atoms with Gasteiger partial charge in [0.25, 0.3) is 0 Å². The summed E-state index contributed by atoms with van der Waals surface area (Å²) in [5, 5.41) is 5.26. The molecule has 3 heteroatoms. The van der Waals surface area contributed by atoms with Crippen LogP contribution in [0, 0.1) is 6.33 Å². The quantitative estimate of drug-likeness (QED) is 0.297. The lowest BCUT2D eigenvalue weighted by molar-refractivity contribution is -0.719. The molecule has 6 aromatic rings. The van der Waals surface area contributed by atoms with Crippen molar-refractivity contribution in [2.45, 2.75) is 19.9 Å². The zero-order chi connectivity index (χ0) is 18.1. The zero-order valence-corrected chi connectivity index (χ0v) is 15.3. The number of imidazole rings is 1. The van der Waals surface area contributed by atoms with Gasteiger partial charge >= 0.3 is 0 Å². The van der Waals surface area contributed by atoms with Crippen LogP contribution in [-0.2, 0) is 0 Å². The lowest BCUT2D eigenvalue weighted by Gasteiger charge is -2.05. The SMILES string of the molecule is CC(C)[n+]1[c-]n(-c2ccc3c4cccc5c6ccccc6n(c3c2)c54)cc1. The van der Waals surface area contributed by atoms with Crippen LogP contribution in [0.1, 0.15) is 19.9 Å². The van der Waals surface area contributed by atoms with Gasteiger partial charge in [0, 0.05) is 39.5 Å². The molecule has 0 atom stereocenters. The molecule has 3 aromatic heterocycles. The second-order valence-electron chi connectivity index (χ2n) is 7.52. The average Bonchev–Trinajstić information content (AvgIpc) is 3.39. The van der Waals surface area contributed by atoms with E-state index in [-0.39, 0.29) is 0 Å². The Hall–Kier alpha value is -3.33. The molecular formula is C24H19N3. The van der Waals surface area contributed by atoms with Gasteiger partial charge in [-0.1, -0.05) is 48.5 Å². The van der Waals surface area contributed by atoms with Crippen LogP contribution in [0.15, 0.2) is 73.1 Å². The molecule has 0 fully saturated rings. The second kappa shape index (κ2) is 5.10. The highest BCUT2D eigenvalue weighted by atomic mass is 15.1. The van der Waals surface area contributed by atoms with Gasteiger partial charge in [-0.15, -0.1) is 0 Å². The molecule has 3 heterocycles. The molecule has 130 valence electrons. The van der Waals surface area contributed by atoms with E-state index in [1.54, 1.807) is 0 Å². The molecule has 0 saturated carbocycles. The molecule has 0 aliphatic heterocycles. The third-order valence-electron chi connectivity index (χ3n) is 5.64. The number of aromatic nitrogens is 3. The highest BCUT2D eigenvalue weighted by Gasteiger charge is 2.16. The van der Waals surface area contributed by atoms with Crippen molar-refractivity contribution in [1.82, 2.24) is 8.97 Å². The number of hydrogen-bond donors (Lipinski definition) is 0. The highest BCUT2D eigenvalue weighted by Crippen LogP contribution is 2.39. The van der Waals surface area contributed by atoms with Gasteiger partial charge in [0.2, 0.25) is 6.33 Å². The summed E-state index contributed by atoms with van der Waals surface area (Å²) in [4.78, 5) is 0. The molecule has 0 aliphatic carbocycles. The Morgan fingerprint density at radius 1 is 0.815 bits per heavy atom. The maximum absolute atomic E-state index is 3.42. The van der Waals surface area contributed by atoms with E-state index < -0.39 is 0 Å². The van der Waals surface area contributed by atoms with E-state index in [0.717, 1.165) is 5.69 Å². The molecule has 0 unspecified atom stereocenters. The maximum atomic E-state index is 3.42. The number of nitrogens with zero attached hydrogens (tertiary/aromatic N) is 3. The van der Waals surface area contributed by atoms with Crippen LogP contribution in [0.25, 0.3) is 43.8 Å². The highest BCUT2D eigenvalue weighted by molar-refractivity contribution is 6.23. The molecule has 0 bridgehead atoms. The summed E-state index contributed by atoms with van der Waals surface area (Å²) >= 11 is 0. The number of hydrogen-bond acceptors (Lipinski definition) is 0. The van der Waals surface area contributed by atoms with Crippen LogP contribution in [-0.4, -0.2) is 8.97 Å². The molecule has 0 saturated heterocycles. The number of para-hydroxylation sites is 2. The van der Waals surface area contributed by atoms with Crippen molar-refractivity contribution in [3.05, 3.63) is 79.4 Å². The van der Waals surface area contributed by atoms with E-state index in [4.69, 9.17) is 0 Å². The van der Waals surface area contributed by atoms with Crippen LogP contribution in [0.2, 0.25) is 0 Å². The van der Waals surface area contributed by atoms with Crippen LogP contribution in [0.3, 0.4) is 0 Å². The Bertz CT molecular complexity index is 1450. The molecule has 0 aliphatic rings. The van der Waals surface area contributed by atoms with E-state index in [1.165, 1.54) is 38.1 Å². The molecule has 27 heavy (non-hydrogen) atoms. The third kappa shape index (κ3) is 1.89. The summed E-state index contributed by atoms with van der Waals surface area (Å²) in [6.07, 6.45) is 7.58. The molecule has 0 amide bonds. The standard InChI is InChI=1S/C24H19N3/c1-16(2)25-12-13-26(15-25)17-10-11-19-21-8-5-7-20-18-6-3-4-9-22(18)27(24(20)21)23(19)14-17/h3-14,16H,1-2H3. The van der Waals surface area contributed by atoms with E-state index in [1.807, 2.05) is 0 Å². The fourth-order valence-corrected chi connectivity index (χ4v) is 4.33. The topological polar surface area (TPSA) is 13.2 Å². The smallest absolute Gasteiger partial charge is 0.243 e. The number of rotatable bonds is 2. The van der Waals surface area contributed by atoms with Crippen LogP contribution < -0.4 is 4.57 Å². The van der Waals surface area contributed by atoms with Crippen molar-refractivity contribution in [2.75, 3.05) is 0 Å². The van der Waals surface area contributed by atoms with Gasteiger partial charge in [0.15, 0.2) is 0 Å². The summed E-state index contributed by atoms with van der Waals surface area (Å²) in [5.74, 6) is 0. The van der Waals surface area contributed by atoms with Gasteiger partial charge in [-0.3, -0.25) is 0 Å². The molecule has 0 N–H and O–H groups in total. The molecule has 0 spiro atoms. The van der Waals surface area contributed by atoms with Crippen molar-refractivity contribution >= 4 is 38.1 Å². The van der Waals surface area contributed by atoms with Gasteiger partial charge in [0.1, 0.15) is 0 Å². The number of benzene rings is 3. The summed E-state index contributed by atoms with van der Waals surface area (Å²) in [7, 11) is 0. The summed E-state index contributed by atoms with van der Waals surface area (Å²) < 4.78 is 6.59. The molecular weight excluding hydrogens is 330 g/mol. The lowest BCUT2D eigenvalue weighted by atomic mass is 10.1. The third-order valence-corrected chi connectivity index (χ3v) is 5.64. The van der Waals surface area contributed by atoms with Crippen molar-refractivity contribution in [3.8, 4) is 5.69 Å². The first-order chi connectivity index (χ1) is 13.2. The van der Waals surface area contributed by atoms with Crippen LogP contribution >= 0.6 is 0 Å². The number of fused-ring (bicyclic) bond motifs is 6. The summed E-state index contributed by atoms with van der Waals surface area (Å²) in [6.45, 7) is 4.34. The van der Waals surface area contributed by atoms with Crippen molar-refractivity contribution < 1.29 is 4.57 Å². The van der Waals surface area contributed by atoms with Crippen LogP contribution in [0.4, 0.5) is 0 Å². The minimum absolute atomic E-state index is 0.401. The van der Waals surface area contributed by atoms with E-state index in [9.17, 15) is 0 Å². The van der Waals surface area contributed by atoms with E-state index in [0.29, 0.717) is 6.04 Å². The minimum atomic E-state index is 0.401. The van der Waals surface area contributed by atoms with Crippen molar-refractivity contribution in [3.63, 3.8) is 0 Å². The fourth-order valence-electron chi connectivity index (χ4n) is 4.33. The summed E-state index contributed by atoms with van der Waals surface area (Å²) in [6, 6.07) is 22.4. The molecule has 3 nitrogen and oxygen atoms in total. The Kier molecular flexibility index (Phi) is 2.80. The predicted molar refractivity (Wildman–Crippen MR) is 110 cm³/mol. The van der Waals surface area contributed by atoms with Gasteiger partial charge in [-0.05, 0) is 26.0 Å². The first kappa shape index (κ1) is 14.8. The molecule has 0 radical (unpaired) electrons. The van der Waals surface area contributed by atoms with Gasteiger partial charge in [-0.2, -0.15) is 0 Å². The second-order valence-corrected chi connectivity index (χ2v) is 7.52. The Morgan fingerprint density at radius 2 is 1.56 bits per heavy atom. The molecule has 3 aromatic carbocycles. The first-order valence-corrected chi connectivity index (χ1v) is 9.41. The fraction of sp³-hybridized carbons (Fsp3) is 0.125. The Balaban J connectivity index is 1.73. The monoisotopic (exact) mass is 349 g/mol. The Labute approximate surface area is 157 Å². The zero-order valence-electron chi connectivity index (χ0n) is 15.3. The van der Waals surface area contributed by atoms with E-state index >= 15 is 0 Å². The normalized spacial score (nSPS) is 12.4. The largest absolute Gasteiger partial charge is 0.326 e. The molecule has 6 rings (SSSR count). The van der Waals surface area contributed by atoms with Crippen molar-refractivity contribution in [2.24, 2.45) is 0 Å². The summed E-state index contributed by atoms with van der Waals surface area (Å²) in [5.41, 5.74) is 4.97. The van der Waals surface area contributed by atoms with Gasteiger partial charge in [0.05, 0.1) is 22.8 Å². The average molecular weight is 349 g/mol. The van der Waals surface area contributed by atoms with Gasteiger partial charge in [-0.25, -0.2) is 0 Å². The van der Waals surface area contributed by atoms with Gasteiger partial charge < -0.3 is 13.5 Å². The Morgan fingerprint density at radius 3 is 2.33 bits per heavy atom. The first-order valence-electron chi connectivity index (χ1n) is 9.41. The van der Waals surface area contributed by atoms with Crippen molar-refractivity contribution in [1.29, 1.82) is 0 Å². The van der Waals surface area contributed by atoms with Crippen LogP contribution in [0.5, 0.6) is 0 Å². The minimum Gasteiger partial charge on any atom is -0.326 e.